The van der Waals surface area contributed by atoms with Crippen molar-refractivity contribution in [1.82, 2.24) is 4.90 Å². The van der Waals surface area contributed by atoms with Crippen LogP contribution in [-0.2, 0) is 14.3 Å². The Labute approximate surface area is 112 Å². The van der Waals surface area contributed by atoms with E-state index in [1.807, 2.05) is 0 Å². The van der Waals surface area contributed by atoms with E-state index in [9.17, 15) is 14.4 Å². The fourth-order valence-electron chi connectivity index (χ4n) is 2.05. The van der Waals surface area contributed by atoms with Gasteiger partial charge in [0.05, 0.1) is 12.0 Å². The standard InChI is InChI=1S/C13H21NO5/c1-8-11(17)9(10(16)7-15)5-6-14(8)12(18)19-13(2,3)4/h8-9,15H,5-7H2,1-4H3. The second kappa shape index (κ2) is 5.69. The highest BCUT2D eigenvalue weighted by Crippen LogP contribution is 2.22. The fourth-order valence-corrected chi connectivity index (χ4v) is 2.05. The maximum absolute atomic E-state index is 12.0. The van der Waals surface area contributed by atoms with Gasteiger partial charge in [-0.1, -0.05) is 0 Å². The molecule has 0 aliphatic carbocycles. The number of aliphatic hydroxyl groups excluding tert-OH is 1. The summed E-state index contributed by atoms with van der Waals surface area (Å²) < 4.78 is 5.22. The van der Waals surface area contributed by atoms with Crippen molar-refractivity contribution < 1.29 is 24.2 Å². The van der Waals surface area contributed by atoms with Crippen molar-refractivity contribution in [3.05, 3.63) is 0 Å². The Morgan fingerprint density at radius 2 is 2.00 bits per heavy atom. The summed E-state index contributed by atoms with van der Waals surface area (Å²) in [5.41, 5.74) is -0.627. The van der Waals surface area contributed by atoms with Crippen molar-refractivity contribution in [2.24, 2.45) is 5.92 Å². The molecule has 2 unspecified atom stereocenters. The second-order valence-electron chi connectivity index (χ2n) is 5.72. The topological polar surface area (TPSA) is 83.9 Å². The molecule has 19 heavy (non-hydrogen) atoms. The molecule has 2 atom stereocenters. The van der Waals surface area contributed by atoms with Crippen molar-refractivity contribution in [3.8, 4) is 0 Å². The summed E-state index contributed by atoms with van der Waals surface area (Å²) in [6, 6.07) is -0.705. The number of piperidine rings is 1. The van der Waals surface area contributed by atoms with Crippen LogP contribution < -0.4 is 0 Å². The third kappa shape index (κ3) is 3.76. The number of amides is 1. The zero-order valence-electron chi connectivity index (χ0n) is 11.8. The van der Waals surface area contributed by atoms with Gasteiger partial charge in [-0.2, -0.15) is 0 Å². The lowest BCUT2D eigenvalue weighted by Crippen LogP contribution is -2.53. The summed E-state index contributed by atoms with van der Waals surface area (Å²) in [6.07, 6.45) is -0.315. The molecule has 1 rings (SSSR count). The Morgan fingerprint density at radius 3 is 2.47 bits per heavy atom. The molecule has 6 nitrogen and oxygen atoms in total. The van der Waals surface area contributed by atoms with Gasteiger partial charge in [0.2, 0.25) is 0 Å². The molecule has 0 saturated carbocycles. The van der Waals surface area contributed by atoms with E-state index in [1.54, 1.807) is 27.7 Å². The minimum Gasteiger partial charge on any atom is -0.444 e. The molecule has 1 aliphatic heterocycles. The summed E-state index contributed by atoms with van der Waals surface area (Å²) in [5.74, 6) is -1.63. The largest absolute Gasteiger partial charge is 0.444 e. The number of likely N-dealkylation sites (tertiary alicyclic amines) is 1. The minimum atomic E-state index is -0.807. The number of ether oxygens (including phenoxy) is 1. The van der Waals surface area contributed by atoms with E-state index in [1.165, 1.54) is 4.90 Å². The predicted octanol–water partition coefficient (Wildman–Crippen LogP) is 0.762. The smallest absolute Gasteiger partial charge is 0.410 e. The first-order chi connectivity index (χ1) is 8.67. The van der Waals surface area contributed by atoms with E-state index < -0.39 is 36.0 Å². The molecule has 1 N–H and O–H groups in total. The number of rotatable bonds is 2. The Kier molecular flexibility index (Phi) is 4.68. The number of hydrogen-bond donors (Lipinski definition) is 1. The maximum Gasteiger partial charge on any atom is 0.410 e. The SMILES string of the molecule is CC1C(=O)C(C(=O)CO)CCN1C(=O)OC(C)(C)C. The van der Waals surface area contributed by atoms with Crippen LogP contribution in [-0.4, -0.2) is 52.5 Å². The predicted molar refractivity (Wildman–Crippen MR) is 67.6 cm³/mol. The molecule has 1 amide bonds. The maximum atomic E-state index is 12.0. The molecule has 108 valence electrons. The van der Waals surface area contributed by atoms with Gasteiger partial charge in [0.15, 0.2) is 11.6 Å². The van der Waals surface area contributed by atoms with Crippen LogP contribution in [0.15, 0.2) is 0 Å². The Morgan fingerprint density at radius 1 is 1.42 bits per heavy atom. The average Bonchev–Trinajstić information content (AvgIpc) is 2.29. The third-order valence-electron chi connectivity index (χ3n) is 3.05. The van der Waals surface area contributed by atoms with Gasteiger partial charge in [-0.05, 0) is 34.1 Å². The lowest BCUT2D eigenvalue weighted by Gasteiger charge is -2.36. The molecule has 0 bridgehead atoms. The lowest BCUT2D eigenvalue weighted by atomic mass is 9.87. The van der Waals surface area contributed by atoms with Gasteiger partial charge >= 0.3 is 6.09 Å². The molecule has 0 aromatic heterocycles. The molecule has 1 aliphatic rings. The van der Waals surface area contributed by atoms with Gasteiger partial charge in [0.1, 0.15) is 12.2 Å². The van der Waals surface area contributed by atoms with Crippen LogP contribution in [0.3, 0.4) is 0 Å². The number of Topliss-reactive ketones (excluding diaryl/α,β-unsaturated/α-hetero) is 2. The van der Waals surface area contributed by atoms with Crippen LogP contribution in [0.5, 0.6) is 0 Å². The molecule has 0 aromatic carbocycles. The van der Waals surface area contributed by atoms with Gasteiger partial charge in [0.25, 0.3) is 0 Å². The zero-order valence-corrected chi connectivity index (χ0v) is 11.8. The first-order valence-electron chi connectivity index (χ1n) is 6.34. The number of ketones is 2. The van der Waals surface area contributed by atoms with Crippen LogP contribution in [0.1, 0.15) is 34.1 Å². The fraction of sp³-hybridized carbons (Fsp3) is 0.769. The number of hydrogen-bond acceptors (Lipinski definition) is 5. The third-order valence-corrected chi connectivity index (χ3v) is 3.05. The molecule has 0 radical (unpaired) electrons. The van der Waals surface area contributed by atoms with Crippen LogP contribution >= 0.6 is 0 Å². The van der Waals surface area contributed by atoms with Gasteiger partial charge in [-0.15, -0.1) is 0 Å². The molecule has 6 heteroatoms. The Bertz CT molecular complexity index is 385. The van der Waals surface area contributed by atoms with E-state index >= 15 is 0 Å². The quantitative estimate of drug-likeness (QED) is 0.750. The highest BCUT2D eigenvalue weighted by Gasteiger charge is 2.40. The lowest BCUT2D eigenvalue weighted by molar-refractivity contribution is -0.140. The number of aliphatic hydroxyl groups is 1. The van der Waals surface area contributed by atoms with E-state index in [4.69, 9.17) is 9.84 Å². The first-order valence-corrected chi connectivity index (χ1v) is 6.34. The van der Waals surface area contributed by atoms with E-state index in [-0.39, 0.29) is 18.7 Å². The highest BCUT2D eigenvalue weighted by molar-refractivity contribution is 6.06. The average molecular weight is 271 g/mol. The number of carbonyl (C=O) groups excluding carboxylic acids is 3. The number of nitrogens with zero attached hydrogens (tertiary/aromatic N) is 1. The molecule has 1 heterocycles. The van der Waals surface area contributed by atoms with Gasteiger partial charge < -0.3 is 9.84 Å². The van der Waals surface area contributed by atoms with Crippen molar-refractivity contribution in [2.45, 2.75) is 45.8 Å². The first kappa shape index (κ1) is 15.6. The van der Waals surface area contributed by atoms with Gasteiger partial charge in [0, 0.05) is 6.54 Å². The second-order valence-corrected chi connectivity index (χ2v) is 5.72. The molecule has 1 fully saturated rings. The normalized spacial score (nSPS) is 24.3. The van der Waals surface area contributed by atoms with E-state index in [0.29, 0.717) is 0 Å². The van der Waals surface area contributed by atoms with Crippen molar-refractivity contribution >= 4 is 17.7 Å². The number of carbonyl (C=O) groups is 3. The van der Waals surface area contributed by atoms with Crippen LogP contribution in [0, 0.1) is 5.92 Å². The summed E-state index contributed by atoms with van der Waals surface area (Å²) in [7, 11) is 0. The van der Waals surface area contributed by atoms with Crippen molar-refractivity contribution in [2.75, 3.05) is 13.2 Å². The summed E-state index contributed by atoms with van der Waals surface area (Å²) >= 11 is 0. The molecular formula is C13H21NO5. The molecular weight excluding hydrogens is 250 g/mol. The van der Waals surface area contributed by atoms with Crippen LogP contribution in [0.25, 0.3) is 0 Å². The minimum absolute atomic E-state index is 0.238. The zero-order chi connectivity index (χ0) is 14.8. The molecule has 0 spiro atoms. The summed E-state index contributed by atoms with van der Waals surface area (Å²) in [5, 5.41) is 8.81. The van der Waals surface area contributed by atoms with E-state index in [2.05, 4.69) is 0 Å². The van der Waals surface area contributed by atoms with Gasteiger partial charge in [-0.25, -0.2) is 4.79 Å². The van der Waals surface area contributed by atoms with Crippen molar-refractivity contribution in [3.63, 3.8) is 0 Å². The van der Waals surface area contributed by atoms with Crippen molar-refractivity contribution in [1.29, 1.82) is 0 Å². The Hall–Kier alpha value is -1.43. The molecule has 1 saturated heterocycles. The van der Waals surface area contributed by atoms with Gasteiger partial charge in [-0.3, -0.25) is 14.5 Å². The summed E-state index contributed by atoms with van der Waals surface area (Å²) in [4.78, 5) is 36.7. The highest BCUT2D eigenvalue weighted by atomic mass is 16.6. The monoisotopic (exact) mass is 271 g/mol. The van der Waals surface area contributed by atoms with E-state index in [0.717, 1.165) is 0 Å². The Balaban J connectivity index is 2.75. The van der Waals surface area contributed by atoms with Crippen LogP contribution in [0.2, 0.25) is 0 Å². The van der Waals surface area contributed by atoms with Crippen LogP contribution in [0.4, 0.5) is 4.79 Å². The molecule has 0 aromatic rings. The summed E-state index contributed by atoms with van der Waals surface area (Å²) in [6.45, 7) is 6.45.